The Hall–Kier alpha value is -4.59. The van der Waals surface area contributed by atoms with Gasteiger partial charge in [0.1, 0.15) is 6.61 Å². The van der Waals surface area contributed by atoms with E-state index in [2.05, 4.69) is 20.8 Å². The maximum Gasteiger partial charge on any atom is 0.415 e. The third-order valence-corrected chi connectivity index (χ3v) is 7.28. The van der Waals surface area contributed by atoms with Crippen molar-refractivity contribution in [2.24, 2.45) is 5.41 Å². The Morgan fingerprint density at radius 2 is 1.82 bits per heavy atom. The number of carbonyl (C=O) groups excluding carboxylic acids is 4. The van der Waals surface area contributed by atoms with E-state index in [1.807, 2.05) is 18.2 Å². The lowest BCUT2D eigenvalue weighted by Crippen LogP contribution is -2.73. The van der Waals surface area contributed by atoms with Gasteiger partial charge in [0, 0.05) is 25.4 Å². The van der Waals surface area contributed by atoms with E-state index in [4.69, 9.17) is 14.0 Å². The maximum absolute atomic E-state index is 15.9. The van der Waals surface area contributed by atoms with Crippen molar-refractivity contribution in [3.8, 4) is 0 Å². The Morgan fingerprint density at radius 3 is 2.42 bits per heavy atom. The minimum Gasteiger partial charge on any atom is -0.447 e. The molecule has 3 aromatic rings. The summed E-state index contributed by atoms with van der Waals surface area (Å²) in [6.45, 7) is 2.36. The van der Waals surface area contributed by atoms with Gasteiger partial charge >= 0.3 is 12.1 Å². The third kappa shape index (κ3) is 4.11. The van der Waals surface area contributed by atoms with E-state index < -0.39 is 41.2 Å². The molecule has 0 saturated carbocycles. The quantitative estimate of drug-likeness (QED) is 0.427. The number of imide groups is 2. The molecule has 2 aromatic heterocycles. The van der Waals surface area contributed by atoms with Crippen LogP contribution in [0.4, 0.5) is 25.5 Å². The predicted octanol–water partition coefficient (Wildman–Crippen LogP) is 2.14. The monoisotopic (exact) mass is 554 g/mol. The zero-order valence-corrected chi connectivity index (χ0v) is 20.7. The minimum atomic E-state index is -1.72. The highest BCUT2D eigenvalue weighted by Gasteiger charge is 2.61. The number of anilines is 2. The van der Waals surface area contributed by atoms with Crippen molar-refractivity contribution < 1.29 is 37.6 Å². The van der Waals surface area contributed by atoms with Crippen LogP contribution >= 0.6 is 0 Å². The van der Waals surface area contributed by atoms with Crippen LogP contribution in [0.2, 0.25) is 0 Å². The number of hydrogen-bond donors (Lipinski definition) is 2. The maximum atomic E-state index is 15.9. The molecule has 210 valence electrons. The Balaban J connectivity index is 0.000000411. The van der Waals surface area contributed by atoms with Gasteiger partial charge in [0.05, 0.1) is 36.4 Å². The van der Waals surface area contributed by atoms with Crippen LogP contribution in [0.1, 0.15) is 19.9 Å². The van der Waals surface area contributed by atoms with Gasteiger partial charge in [0.15, 0.2) is 17.1 Å². The van der Waals surface area contributed by atoms with E-state index in [-0.39, 0.29) is 68.7 Å². The first-order valence-corrected chi connectivity index (χ1v) is 12.3. The van der Waals surface area contributed by atoms with Crippen molar-refractivity contribution in [1.29, 1.82) is 0 Å². The van der Waals surface area contributed by atoms with Crippen LogP contribution in [0.3, 0.4) is 0 Å². The number of aromatic nitrogens is 2. The molecule has 0 aliphatic carbocycles. The third-order valence-electron chi connectivity index (χ3n) is 7.28. The topological polar surface area (TPSA) is 156 Å². The Kier molecular flexibility index (Phi) is 6.87. The highest BCUT2D eigenvalue weighted by Crippen LogP contribution is 2.48. The van der Waals surface area contributed by atoms with Gasteiger partial charge < -0.3 is 18.9 Å². The van der Waals surface area contributed by atoms with Gasteiger partial charge in [-0.2, -0.15) is 0 Å². The molecule has 1 spiro atoms. The molecular formula is C26H27FN6O7. The smallest absolute Gasteiger partial charge is 0.415 e. The average molecular weight is 555 g/mol. The van der Waals surface area contributed by atoms with Gasteiger partial charge in [0.25, 0.3) is 0 Å². The molecule has 0 radical (unpaired) electrons. The number of morpholine rings is 1. The van der Waals surface area contributed by atoms with Crippen molar-refractivity contribution in [2.75, 3.05) is 36.1 Å². The van der Waals surface area contributed by atoms with Crippen LogP contribution in [-0.4, -0.2) is 72.5 Å². The molecule has 6 heterocycles. The van der Waals surface area contributed by atoms with Gasteiger partial charge in [-0.3, -0.25) is 30.1 Å². The first kappa shape index (κ1) is 27.0. The van der Waals surface area contributed by atoms with Gasteiger partial charge in [0.2, 0.25) is 17.4 Å². The summed E-state index contributed by atoms with van der Waals surface area (Å²) >= 11 is 0. The average Bonchev–Trinajstić information content (AvgIpc) is 3.54. The van der Waals surface area contributed by atoms with Crippen molar-refractivity contribution in [3.05, 3.63) is 48.0 Å². The molecule has 7 rings (SSSR count). The van der Waals surface area contributed by atoms with E-state index in [9.17, 15) is 19.2 Å². The number of rotatable bonds is 1. The number of carbonyl (C=O) groups is 4. The summed E-state index contributed by atoms with van der Waals surface area (Å²) < 4.78 is 31.8. The van der Waals surface area contributed by atoms with Crippen LogP contribution in [0, 0.1) is 11.2 Å². The van der Waals surface area contributed by atoms with Crippen LogP contribution in [0.25, 0.3) is 11.0 Å². The second kappa shape index (κ2) is 10.2. The SMILES string of the molecule is C.C[C@@H]1CN2c3c(cc4c(N5CCOC5=O)noc4c3F)CC3(C(=O)NC(=O)NC3=O)C2CO1.c1ccncc1. The number of fused-ring (bicyclic) bond motifs is 5. The number of halogens is 1. The molecule has 5 amide bonds. The van der Waals surface area contributed by atoms with Gasteiger partial charge in [-0.25, -0.2) is 14.0 Å². The number of ether oxygens (including phenoxy) is 2. The normalized spacial score (nSPS) is 22.9. The van der Waals surface area contributed by atoms with Crippen molar-refractivity contribution in [2.45, 2.75) is 32.9 Å². The van der Waals surface area contributed by atoms with Gasteiger partial charge in [-0.05, 0) is 30.7 Å². The molecule has 2 N–H and O–H groups in total. The van der Waals surface area contributed by atoms with Crippen LogP contribution in [-0.2, 0) is 25.5 Å². The summed E-state index contributed by atoms with van der Waals surface area (Å²) in [5, 5.41) is 8.44. The number of benzene rings is 1. The fourth-order valence-electron chi connectivity index (χ4n) is 5.51. The molecule has 40 heavy (non-hydrogen) atoms. The van der Waals surface area contributed by atoms with E-state index >= 15 is 4.39 Å². The molecule has 1 unspecified atom stereocenters. The minimum absolute atomic E-state index is 0. The van der Waals surface area contributed by atoms with Crippen LogP contribution in [0.15, 0.2) is 41.2 Å². The number of cyclic esters (lactones) is 1. The summed E-state index contributed by atoms with van der Waals surface area (Å²) in [7, 11) is 0. The number of nitrogens with zero attached hydrogens (tertiary/aromatic N) is 4. The van der Waals surface area contributed by atoms with Crippen molar-refractivity contribution in [1.82, 2.24) is 20.8 Å². The molecule has 13 nitrogen and oxygen atoms in total. The summed E-state index contributed by atoms with van der Waals surface area (Å²) in [6.07, 6.45) is 2.38. The van der Waals surface area contributed by atoms with E-state index in [0.29, 0.717) is 5.56 Å². The number of barbiturate groups is 1. The number of hydrogen-bond acceptors (Lipinski definition) is 10. The summed E-state index contributed by atoms with van der Waals surface area (Å²) in [4.78, 5) is 56.6. The number of urea groups is 1. The second-order valence-electron chi connectivity index (χ2n) is 9.57. The van der Waals surface area contributed by atoms with Crippen molar-refractivity contribution in [3.63, 3.8) is 0 Å². The largest absolute Gasteiger partial charge is 0.447 e. The molecule has 3 saturated heterocycles. The first-order valence-electron chi connectivity index (χ1n) is 12.3. The Labute approximate surface area is 227 Å². The second-order valence-corrected chi connectivity index (χ2v) is 9.57. The van der Waals surface area contributed by atoms with Crippen LogP contribution in [0.5, 0.6) is 0 Å². The van der Waals surface area contributed by atoms with Gasteiger partial charge in [-0.1, -0.05) is 18.6 Å². The molecular weight excluding hydrogens is 527 g/mol. The van der Waals surface area contributed by atoms with Crippen molar-refractivity contribution >= 4 is 46.4 Å². The lowest BCUT2D eigenvalue weighted by atomic mass is 9.68. The van der Waals surface area contributed by atoms with E-state index in [1.165, 1.54) is 4.90 Å². The highest BCUT2D eigenvalue weighted by molar-refractivity contribution is 6.20. The Bertz CT molecular complexity index is 1450. The van der Waals surface area contributed by atoms with E-state index in [0.717, 1.165) is 0 Å². The lowest BCUT2D eigenvalue weighted by Gasteiger charge is -2.52. The summed E-state index contributed by atoms with van der Waals surface area (Å²) in [5.74, 6) is -2.17. The molecule has 3 fully saturated rings. The highest BCUT2D eigenvalue weighted by atomic mass is 19.1. The number of nitrogens with one attached hydrogen (secondary N) is 2. The fourth-order valence-corrected chi connectivity index (χ4v) is 5.51. The summed E-state index contributed by atoms with van der Waals surface area (Å²) in [6, 6.07) is 5.53. The molecule has 4 aliphatic rings. The molecule has 0 bridgehead atoms. The zero-order chi connectivity index (χ0) is 27.3. The molecule has 1 aromatic carbocycles. The molecule has 14 heteroatoms. The summed E-state index contributed by atoms with van der Waals surface area (Å²) in [5.41, 5.74) is -1.34. The standard InChI is InChI=1S/C20H18FN5O7.C5H5N.CH4/c1-8-6-26-11(7-32-8)20(16(27)22-18(29)23-17(20)28)5-9-4-10-14(12(21)13(9)26)33-24-15(10)25-2-3-31-19(25)30;1-2-4-6-5-3-1;/h4,8,11H,2-3,5-7H2,1H3,(H2,22,23,27,28,29);1-5H;1H4/t8-,11?;;/m1../s1. The number of amides is 5. The fraction of sp³-hybridized carbons (Fsp3) is 0.385. The Morgan fingerprint density at radius 1 is 1.10 bits per heavy atom. The number of pyridine rings is 1. The first-order chi connectivity index (χ1) is 18.8. The van der Waals surface area contributed by atoms with E-state index in [1.54, 1.807) is 30.3 Å². The van der Waals surface area contributed by atoms with Crippen LogP contribution < -0.4 is 20.4 Å². The molecule has 2 atom stereocenters. The zero-order valence-electron chi connectivity index (χ0n) is 20.7. The predicted molar refractivity (Wildman–Crippen MR) is 138 cm³/mol. The molecule has 4 aliphatic heterocycles. The van der Waals surface area contributed by atoms with Gasteiger partial charge in [-0.15, -0.1) is 0 Å². The lowest BCUT2D eigenvalue weighted by molar-refractivity contribution is -0.149.